The van der Waals surface area contributed by atoms with Crippen molar-refractivity contribution in [2.24, 2.45) is 5.92 Å². The number of nitrogens with zero attached hydrogens (tertiary/aromatic N) is 3. The highest BCUT2D eigenvalue weighted by molar-refractivity contribution is 5.77. The van der Waals surface area contributed by atoms with Crippen LogP contribution in [0.4, 0.5) is 0 Å². The largest absolute Gasteiger partial charge is 0.334 e. The van der Waals surface area contributed by atoms with Crippen molar-refractivity contribution in [3.8, 4) is 0 Å². The van der Waals surface area contributed by atoms with Crippen LogP contribution < -0.4 is 0 Å². The monoisotopic (exact) mass is 329 g/mol. The maximum Gasteiger partial charge on any atom is 0.223 e. The molecule has 0 bridgehead atoms. The van der Waals surface area contributed by atoms with E-state index in [2.05, 4.69) is 42.1 Å². The van der Waals surface area contributed by atoms with Crippen LogP contribution in [0.5, 0.6) is 0 Å². The van der Waals surface area contributed by atoms with E-state index in [1.807, 2.05) is 0 Å². The zero-order valence-corrected chi connectivity index (χ0v) is 15.2. The van der Waals surface area contributed by atoms with E-state index in [0.717, 1.165) is 43.7 Å². The Labute approximate surface area is 146 Å². The first kappa shape index (κ1) is 17.4. The van der Waals surface area contributed by atoms with Gasteiger partial charge in [0.2, 0.25) is 5.91 Å². The molecule has 0 unspecified atom stereocenters. The number of carbonyl (C=O) groups excluding carboxylic acids is 1. The average Bonchev–Trinajstić information content (AvgIpc) is 3.05. The predicted molar refractivity (Wildman–Crippen MR) is 96.5 cm³/mol. The van der Waals surface area contributed by atoms with Gasteiger partial charge in [0.25, 0.3) is 0 Å². The molecule has 4 heteroatoms. The smallest absolute Gasteiger partial charge is 0.223 e. The van der Waals surface area contributed by atoms with Crippen molar-refractivity contribution < 1.29 is 4.79 Å². The highest BCUT2D eigenvalue weighted by Crippen LogP contribution is 2.34. The molecule has 2 fully saturated rings. The third-order valence-corrected chi connectivity index (χ3v) is 5.41. The quantitative estimate of drug-likeness (QED) is 0.825. The molecule has 2 heterocycles. The van der Waals surface area contributed by atoms with Gasteiger partial charge in [-0.1, -0.05) is 25.3 Å². The first-order valence-electron chi connectivity index (χ1n) is 9.53. The van der Waals surface area contributed by atoms with Crippen LogP contribution in [0, 0.1) is 5.92 Å². The van der Waals surface area contributed by atoms with E-state index < -0.39 is 0 Å². The van der Waals surface area contributed by atoms with E-state index in [4.69, 9.17) is 4.98 Å². The molecule has 2 aliphatic rings. The summed E-state index contributed by atoms with van der Waals surface area (Å²) in [6, 6.07) is 6.44. The van der Waals surface area contributed by atoms with Crippen LogP contribution in [0.2, 0.25) is 0 Å². The second kappa shape index (κ2) is 8.11. The molecule has 132 valence electrons. The Balaban J connectivity index is 1.67. The summed E-state index contributed by atoms with van der Waals surface area (Å²) in [5.41, 5.74) is 2.16. The van der Waals surface area contributed by atoms with Crippen LogP contribution in [0.15, 0.2) is 18.2 Å². The molecule has 1 aliphatic heterocycles. The first-order chi connectivity index (χ1) is 11.6. The standard InChI is InChI=1S/C20H31N3O/c1-22(2)15-17-10-6-11-18(21-17)19-12-7-13-23(19)20(24)14-16-8-4-3-5-9-16/h6,10-11,16,19H,3-5,7-9,12-15H2,1-2H3/t19-/m0/s1. The fourth-order valence-electron chi connectivity index (χ4n) is 4.22. The number of aromatic nitrogens is 1. The lowest BCUT2D eigenvalue weighted by Crippen LogP contribution is -2.32. The second-order valence-corrected chi connectivity index (χ2v) is 7.74. The van der Waals surface area contributed by atoms with E-state index in [1.165, 1.54) is 32.1 Å². The summed E-state index contributed by atoms with van der Waals surface area (Å²) < 4.78 is 0. The summed E-state index contributed by atoms with van der Waals surface area (Å²) in [5.74, 6) is 0.963. The summed E-state index contributed by atoms with van der Waals surface area (Å²) in [5, 5.41) is 0. The van der Waals surface area contributed by atoms with Crippen LogP contribution in [0.25, 0.3) is 0 Å². The minimum atomic E-state index is 0.184. The van der Waals surface area contributed by atoms with Gasteiger partial charge in [-0.3, -0.25) is 9.78 Å². The van der Waals surface area contributed by atoms with Gasteiger partial charge in [0.05, 0.1) is 17.4 Å². The molecule has 1 atom stereocenters. The molecule has 3 rings (SSSR count). The van der Waals surface area contributed by atoms with Gasteiger partial charge in [-0.2, -0.15) is 0 Å². The Hall–Kier alpha value is -1.42. The summed E-state index contributed by atoms with van der Waals surface area (Å²) in [6.45, 7) is 1.74. The lowest BCUT2D eigenvalue weighted by Gasteiger charge is -2.28. The van der Waals surface area contributed by atoms with Crippen molar-refractivity contribution in [2.45, 2.75) is 64.0 Å². The molecule has 1 aromatic heterocycles. The number of rotatable bonds is 5. The number of hydrogen-bond acceptors (Lipinski definition) is 3. The SMILES string of the molecule is CN(C)Cc1cccc([C@@H]2CCCN2C(=O)CC2CCCCC2)n1. The molecule has 4 nitrogen and oxygen atoms in total. The number of carbonyl (C=O) groups is 1. The molecular weight excluding hydrogens is 298 g/mol. The van der Waals surface area contributed by atoms with Crippen LogP contribution >= 0.6 is 0 Å². The summed E-state index contributed by atoms with van der Waals surface area (Å²) in [7, 11) is 4.12. The van der Waals surface area contributed by atoms with E-state index in [9.17, 15) is 4.79 Å². The Bertz CT molecular complexity index is 552. The Morgan fingerprint density at radius 3 is 2.71 bits per heavy atom. The van der Waals surface area contributed by atoms with Crippen LogP contribution in [-0.2, 0) is 11.3 Å². The molecular formula is C20H31N3O. The molecule has 1 saturated heterocycles. The van der Waals surface area contributed by atoms with Crippen molar-refractivity contribution in [3.63, 3.8) is 0 Å². The average molecular weight is 329 g/mol. The van der Waals surface area contributed by atoms with E-state index in [-0.39, 0.29) is 6.04 Å². The van der Waals surface area contributed by atoms with E-state index in [1.54, 1.807) is 0 Å². The van der Waals surface area contributed by atoms with Crippen molar-refractivity contribution in [1.29, 1.82) is 0 Å². The third kappa shape index (κ3) is 4.35. The minimum absolute atomic E-state index is 0.184. The topological polar surface area (TPSA) is 36.4 Å². The van der Waals surface area contributed by atoms with E-state index >= 15 is 0 Å². The lowest BCUT2D eigenvalue weighted by atomic mass is 9.86. The molecule has 0 radical (unpaired) electrons. The van der Waals surface area contributed by atoms with Gasteiger partial charge in [0.15, 0.2) is 0 Å². The number of pyridine rings is 1. The van der Waals surface area contributed by atoms with Crippen molar-refractivity contribution >= 4 is 5.91 Å². The Morgan fingerprint density at radius 1 is 1.17 bits per heavy atom. The minimum Gasteiger partial charge on any atom is -0.334 e. The van der Waals surface area contributed by atoms with Gasteiger partial charge in [-0.25, -0.2) is 0 Å². The molecule has 1 saturated carbocycles. The fraction of sp³-hybridized carbons (Fsp3) is 0.700. The molecule has 0 spiro atoms. The normalized spacial score (nSPS) is 22.3. The van der Waals surface area contributed by atoms with Crippen LogP contribution in [-0.4, -0.2) is 41.3 Å². The molecule has 24 heavy (non-hydrogen) atoms. The maximum atomic E-state index is 12.8. The molecule has 1 aromatic rings. The van der Waals surface area contributed by atoms with Crippen LogP contribution in [0.3, 0.4) is 0 Å². The Kier molecular flexibility index (Phi) is 5.88. The predicted octanol–water partition coefficient (Wildman–Crippen LogP) is 3.78. The number of likely N-dealkylation sites (tertiary alicyclic amines) is 1. The molecule has 1 amide bonds. The molecule has 1 aliphatic carbocycles. The lowest BCUT2D eigenvalue weighted by molar-refractivity contribution is -0.133. The van der Waals surface area contributed by atoms with Gasteiger partial charge in [0, 0.05) is 19.5 Å². The summed E-state index contributed by atoms with van der Waals surface area (Å²) in [4.78, 5) is 21.9. The van der Waals surface area contributed by atoms with Gasteiger partial charge >= 0.3 is 0 Å². The molecule has 0 N–H and O–H groups in total. The zero-order chi connectivity index (χ0) is 16.9. The molecule has 0 aromatic carbocycles. The van der Waals surface area contributed by atoms with Crippen LogP contribution in [0.1, 0.15) is 68.8 Å². The number of hydrogen-bond donors (Lipinski definition) is 0. The van der Waals surface area contributed by atoms with Crippen molar-refractivity contribution in [1.82, 2.24) is 14.8 Å². The highest BCUT2D eigenvalue weighted by atomic mass is 16.2. The second-order valence-electron chi connectivity index (χ2n) is 7.74. The van der Waals surface area contributed by atoms with Crippen molar-refractivity contribution in [2.75, 3.05) is 20.6 Å². The van der Waals surface area contributed by atoms with Gasteiger partial charge < -0.3 is 9.80 Å². The Morgan fingerprint density at radius 2 is 1.96 bits per heavy atom. The van der Waals surface area contributed by atoms with Gasteiger partial charge in [-0.05, 0) is 57.8 Å². The fourth-order valence-corrected chi connectivity index (χ4v) is 4.22. The first-order valence-corrected chi connectivity index (χ1v) is 9.53. The van der Waals surface area contributed by atoms with E-state index in [0.29, 0.717) is 11.8 Å². The van der Waals surface area contributed by atoms with Gasteiger partial charge in [-0.15, -0.1) is 0 Å². The van der Waals surface area contributed by atoms with Gasteiger partial charge in [0.1, 0.15) is 0 Å². The summed E-state index contributed by atoms with van der Waals surface area (Å²) in [6.07, 6.45) is 9.32. The maximum absolute atomic E-state index is 12.8. The highest BCUT2D eigenvalue weighted by Gasteiger charge is 2.32. The number of amides is 1. The third-order valence-electron chi connectivity index (χ3n) is 5.41. The summed E-state index contributed by atoms with van der Waals surface area (Å²) >= 11 is 0. The van der Waals surface area contributed by atoms with Crippen molar-refractivity contribution in [3.05, 3.63) is 29.6 Å². The zero-order valence-electron chi connectivity index (χ0n) is 15.2.